The lowest BCUT2D eigenvalue weighted by Gasteiger charge is -2.06. The number of halogens is 2. The predicted molar refractivity (Wildman–Crippen MR) is 62.8 cm³/mol. The van der Waals surface area contributed by atoms with Crippen molar-refractivity contribution >= 4 is 5.82 Å². The molecule has 0 bridgehead atoms. The number of benzene rings is 1. The zero-order chi connectivity index (χ0) is 12.1. The van der Waals surface area contributed by atoms with Crippen molar-refractivity contribution < 1.29 is 8.78 Å². The molecule has 1 heterocycles. The van der Waals surface area contributed by atoms with E-state index in [0.717, 1.165) is 24.2 Å². The fourth-order valence-electron chi connectivity index (χ4n) is 1.51. The van der Waals surface area contributed by atoms with Crippen molar-refractivity contribution in [2.45, 2.75) is 6.42 Å². The number of aromatic nitrogens is 1. The Morgan fingerprint density at radius 2 is 1.88 bits per heavy atom. The van der Waals surface area contributed by atoms with E-state index in [9.17, 15) is 8.78 Å². The van der Waals surface area contributed by atoms with E-state index in [1.54, 1.807) is 0 Å². The van der Waals surface area contributed by atoms with Crippen molar-refractivity contribution in [1.82, 2.24) is 4.98 Å². The normalized spacial score (nSPS) is 10.2. The van der Waals surface area contributed by atoms with Gasteiger partial charge in [0, 0.05) is 12.6 Å². The molecular weight excluding hydrogens is 222 g/mol. The second-order valence-corrected chi connectivity index (χ2v) is 3.65. The Labute approximate surface area is 98.3 Å². The Morgan fingerprint density at radius 1 is 1.12 bits per heavy atom. The lowest BCUT2D eigenvalue weighted by Crippen LogP contribution is -2.08. The lowest BCUT2D eigenvalue weighted by molar-refractivity contribution is 0.575. The molecule has 2 nitrogen and oxygen atoms in total. The van der Waals surface area contributed by atoms with E-state index in [-0.39, 0.29) is 5.82 Å². The van der Waals surface area contributed by atoms with Crippen LogP contribution in [0.5, 0.6) is 0 Å². The molecule has 0 radical (unpaired) electrons. The smallest absolute Gasteiger partial charge is 0.168 e. The summed E-state index contributed by atoms with van der Waals surface area (Å²) in [5, 5.41) is 2.84. The number of nitrogens with one attached hydrogen (secondary N) is 1. The number of hydrogen-bond donors (Lipinski definition) is 1. The van der Waals surface area contributed by atoms with Crippen LogP contribution in [0.25, 0.3) is 0 Å². The third kappa shape index (κ3) is 3.24. The van der Waals surface area contributed by atoms with Crippen LogP contribution in [0.1, 0.15) is 5.56 Å². The summed E-state index contributed by atoms with van der Waals surface area (Å²) >= 11 is 0. The van der Waals surface area contributed by atoms with Gasteiger partial charge < -0.3 is 5.32 Å². The van der Waals surface area contributed by atoms with Gasteiger partial charge in [0.15, 0.2) is 11.6 Å². The molecule has 0 spiro atoms. The Morgan fingerprint density at radius 3 is 2.59 bits per heavy atom. The highest BCUT2D eigenvalue weighted by Crippen LogP contribution is 2.11. The first-order chi connectivity index (χ1) is 8.25. The minimum absolute atomic E-state index is 0.0855. The van der Waals surface area contributed by atoms with Gasteiger partial charge >= 0.3 is 0 Å². The lowest BCUT2D eigenvalue weighted by atomic mass is 10.1. The van der Waals surface area contributed by atoms with Crippen LogP contribution >= 0.6 is 0 Å². The molecule has 2 aromatic rings. The summed E-state index contributed by atoms with van der Waals surface area (Å²) in [6.07, 6.45) is 1.76. The van der Waals surface area contributed by atoms with E-state index in [4.69, 9.17) is 0 Å². The molecule has 17 heavy (non-hydrogen) atoms. The summed E-state index contributed by atoms with van der Waals surface area (Å²) in [5.41, 5.74) is 1.16. The van der Waals surface area contributed by atoms with E-state index in [1.165, 1.54) is 0 Å². The summed E-state index contributed by atoms with van der Waals surface area (Å²) in [5.74, 6) is -1.25. The molecule has 2 rings (SSSR count). The van der Waals surface area contributed by atoms with Gasteiger partial charge in [0.05, 0.1) is 6.20 Å². The van der Waals surface area contributed by atoms with E-state index in [2.05, 4.69) is 10.3 Å². The van der Waals surface area contributed by atoms with Crippen LogP contribution in [-0.4, -0.2) is 11.5 Å². The van der Waals surface area contributed by atoms with Crippen molar-refractivity contribution in [3.05, 3.63) is 59.8 Å². The molecule has 0 saturated heterocycles. The van der Waals surface area contributed by atoms with Gasteiger partial charge in [-0.05, 0) is 12.0 Å². The van der Waals surface area contributed by atoms with Crippen LogP contribution in [0.3, 0.4) is 0 Å². The summed E-state index contributed by atoms with van der Waals surface area (Å²) < 4.78 is 25.8. The minimum Gasteiger partial charge on any atom is -0.367 e. The SMILES string of the molecule is Fc1cnc(NCCc2ccccc2)c(F)c1. The first kappa shape index (κ1) is 11.5. The largest absolute Gasteiger partial charge is 0.367 e. The second-order valence-electron chi connectivity index (χ2n) is 3.65. The van der Waals surface area contributed by atoms with Crippen molar-refractivity contribution in [2.75, 3.05) is 11.9 Å². The van der Waals surface area contributed by atoms with E-state index in [1.807, 2.05) is 30.3 Å². The Hall–Kier alpha value is -1.97. The molecule has 0 atom stereocenters. The molecule has 88 valence electrons. The van der Waals surface area contributed by atoms with Gasteiger partial charge in [-0.25, -0.2) is 13.8 Å². The van der Waals surface area contributed by atoms with Crippen LogP contribution in [0.4, 0.5) is 14.6 Å². The van der Waals surface area contributed by atoms with E-state index < -0.39 is 11.6 Å². The molecule has 0 aliphatic carbocycles. The standard InChI is InChI=1S/C13H12F2N2/c14-11-8-12(15)13(17-9-11)16-7-6-10-4-2-1-3-5-10/h1-5,8-9H,6-7H2,(H,16,17). The van der Waals surface area contributed by atoms with Crippen molar-refractivity contribution in [3.8, 4) is 0 Å². The first-order valence-electron chi connectivity index (χ1n) is 5.34. The van der Waals surface area contributed by atoms with Crippen LogP contribution in [0.15, 0.2) is 42.6 Å². The zero-order valence-electron chi connectivity index (χ0n) is 9.16. The number of pyridine rings is 1. The topological polar surface area (TPSA) is 24.9 Å². The van der Waals surface area contributed by atoms with Gasteiger partial charge in [0.2, 0.25) is 0 Å². The summed E-state index contributed by atoms with van der Waals surface area (Å²) in [6.45, 7) is 0.555. The second kappa shape index (κ2) is 5.39. The highest BCUT2D eigenvalue weighted by Gasteiger charge is 2.04. The third-order valence-corrected chi connectivity index (χ3v) is 2.36. The average molecular weight is 234 g/mol. The summed E-state index contributed by atoms with van der Waals surface area (Å²) in [6, 6.07) is 10.7. The Kier molecular flexibility index (Phi) is 3.65. The Bertz CT molecular complexity index is 486. The van der Waals surface area contributed by atoms with Gasteiger partial charge in [-0.3, -0.25) is 0 Å². The fourth-order valence-corrected chi connectivity index (χ4v) is 1.51. The van der Waals surface area contributed by atoms with Crippen LogP contribution in [0, 0.1) is 11.6 Å². The maximum absolute atomic E-state index is 13.2. The van der Waals surface area contributed by atoms with E-state index in [0.29, 0.717) is 6.54 Å². The highest BCUT2D eigenvalue weighted by atomic mass is 19.1. The van der Waals surface area contributed by atoms with E-state index >= 15 is 0 Å². The molecule has 0 fully saturated rings. The van der Waals surface area contributed by atoms with Gasteiger partial charge in [-0.2, -0.15) is 0 Å². The molecule has 0 amide bonds. The van der Waals surface area contributed by atoms with Gasteiger partial charge in [-0.15, -0.1) is 0 Å². The maximum Gasteiger partial charge on any atom is 0.168 e. The van der Waals surface area contributed by atoms with Crippen LogP contribution < -0.4 is 5.32 Å². The zero-order valence-corrected chi connectivity index (χ0v) is 9.16. The van der Waals surface area contributed by atoms with Gasteiger partial charge in [0.25, 0.3) is 0 Å². The number of anilines is 1. The van der Waals surface area contributed by atoms with Crippen molar-refractivity contribution in [3.63, 3.8) is 0 Å². The molecule has 1 N–H and O–H groups in total. The first-order valence-corrected chi connectivity index (χ1v) is 5.34. The molecule has 0 saturated carbocycles. The molecule has 1 aromatic carbocycles. The monoisotopic (exact) mass is 234 g/mol. The average Bonchev–Trinajstić information content (AvgIpc) is 2.33. The molecule has 0 aliphatic rings. The number of rotatable bonds is 4. The molecule has 1 aromatic heterocycles. The summed E-state index contributed by atoms with van der Waals surface area (Å²) in [7, 11) is 0. The van der Waals surface area contributed by atoms with Crippen LogP contribution in [-0.2, 0) is 6.42 Å². The van der Waals surface area contributed by atoms with Crippen molar-refractivity contribution in [1.29, 1.82) is 0 Å². The summed E-state index contributed by atoms with van der Waals surface area (Å²) in [4.78, 5) is 3.65. The predicted octanol–water partition coefficient (Wildman–Crippen LogP) is 3.01. The van der Waals surface area contributed by atoms with Gasteiger partial charge in [-0.1, -0.05) is 30.3 Å². The van der Waals surface area contributed by atoms with Gasteiger partial charge in [0.1, 0.15) is 5.82 Å². The minimum atomic E-state index is -0.670. The van der Waals surface area contributed by atoms with Crippen molar-refractivity contribution in [2.24, 2.45) is 0 Å². The highest BCUT2D eigenvalue weighted by molar-refractivity contribution is 5.36. The number of nitrogens with zero attached hydrogens (tertiary/aromatic N) is 1. The maximum atomic E-state index is 13.2. The molecular formula is C13H12F2N2. The third-order valence-electron chi connectivity index (χ3n) is 2.36. The molecule has 0 aliphatic heterocycles. The quantitative estimate of drug-likeness (QED) is 0.879. The molecule has 4 heteroatoms. The number of hydrogen-bond acceptors (Lipinski definition) is 2. The fraction of sp³-hybridized carbons (Fsp3) is 0.154. The Balaban J connectivity index is 1.90. The van der Waals surface area contributed by atoms with Crippen LogP contribution in [0.2, 0.25) is 0 Å². The molecule has 0 unspecified atom stereocenters.